The fourth-order valence-corrected chi connectivity index (χ4v) is 3.07. The Bertz CT molecular complexity index is 1090. The molecule has 0 atom stereocenters. The van der Waals surface area contributed by atoms with Gasteiger partial charge in [0, 0.05) is 5.39 Å². The van der Waals surface area contributed by atoms with Crippen LogP contribution in [0.4, 0.5) is 11.4 Å². The van der Waals surface area contributed by atoms with Gasteiger partial charge in [0.15, 0.2) is 5.69 Å². The average Bonchev–Trinajstić information content (AvgIpc) is 3.01. The van der Waals surface area contributed by atoms with Gasteiger partial charge in [-0.3, -0.25) is 10.2 Å². The van der Waals surface area contributed by atoms with Gasteiger partial charge in [-0.05, 0) is 28.6 Å². The van der Waals surface area contributed by atoms with E-state index in [1.165, 1.54) is 0 Å². The molecule has 1 amide bonds. The summed E-state index contributed by atoms with van der Waals surface area (Å²) < 4.78 is 1.81. The molecule has 4 rings (SSSR count). The first-order chi connectivity index (χ1) is 12.7. The van der Waals surface area contributed by atoms with Crippen LogP contribution in [-0.4, -0.2) is 27.6 Å². The second-order valence-corrected chi connectivity index (χ2v) is 5.98. The molecule has 0 radical (unpaired) electrons. The predicted octanol–water partition coefficient (Wildman–Crippen LogP) is 2.73. The van der Waals surface area contributed by atoms with Crippen LogP contribution in [0.3, 0.4) is 0 Å². The third-order valence-electron chi connectivity index (χ3n) is 4.35. The van der Waals surface area contributed by atoms with Gasteiger partial charge in [0.05, 0.1) is 5.56 Å². The number of aliphatic imine (C=N–C) groups is 1. The summed E-state index contributed by atoms with van der Waals surface area (Å²) in [7, 11) is 0. The van der Waals surface area contributed by atoms with Crippen molar-refractivity contribution in [2.24, 2.45) is 10.8 Å². The zero-order chi connectivity index (χ0) is 18.1. The van der Waals surface area contributed by atoms with Crippen molar-refractivity contribution in [2.45, 2.75) is 6.42 Å². The molecule has 0 unspecified atom stereocenters. The number of fused-ring (bicyclic) bond motifs is 2. The Morgan fingerprint density at radius 1 is 1.12 bits per heavy atom. The molecule has 1 aliphatic rings. The normalized spacial score (nSPS) is 14.3. The van der Waals surface area contributed by atoms with Crippen molar-refractivity contribution < 1.29 is 14.5 Å². The standard InChI is InChI=1S/C20H16N4O2/c21-23-19(25)11-18-22-16-7-3-4-8-17(16)24(18)12-14-10-9-13-5-1-2-6-15(13)20(14)26/h1-10,12H,11,21H2,(H,23,25)/p+1. The summed E-state index contributed by atoms with van der Waals surface area (Å²) in [4.78, 5) is 16.3. The maximum absolute atomic E-state index is 11.8. The first-order valence-corrected chi connectivity index (χ1v) is 8.18. The van der Waals surface area contributed by atoms with Crippen LogP contribution in [0, 0.1) is 0 Å². The van der Waals surface area contributed by atoms with E-state index in [-0.39, 0.29) is 18.1 Å². The molecule has 0 saturated carbocycles. The molecule has 1 heterocycles. The van der Waals surface area contributed by atoms with E-state index in [1.54, 1.807) is 6.21 Å². The van der Waals surface area contributed by atoms with Gasteiger partial charge in [-0.2, -0.15) is 4.58 Å². The summed E-state index contributed by atoms with van der Waals surface area (Å²) in [5, 5.41) is 12.4. The van der Waals surface area contributed by atoms with E-state index in [1.807, 2.05) is 65.2 Å². The van der Waals surface area contributed by atoms with Gasteiger partial charge in [0.25, 0.3) is 0 Å². The first-order valence-electron chi connectivity index (χ1n) is 8.18. The maximum atomic E-state index is 11.8. The molecule has 3 aromatic rings. The van der Waals surface area contributed by atoms with E-state index in [0.29, 0.717) is 11.4 Å². The molecule has 6 heteroatoms. The Kier molecular flexibility index (Phi) is 3.95. The van der Waals surface area contributed by atoms with E-state index < -0.39 is 0 Å². The summed E-state index contributed by atoms with van der Waals surface area (Å²) in [5.74, 6) is 5.61. The van der Waals surface area contributed by atoms with Crippen molar-refractivity contribution in [3.8, 4) is 5.75 Å². The number of benzene rings is 3. The van der Waals surface area contributed by atoms with Crippen LogP contribution in [0.25, 0.3) is 10.8 Å². The van der Waals surface area contributed by atoms with Crippen LogP contribution < -0.4 is 11.3 Å². The average molecular weight is 345 g/mol. The second-order valence-electron chi connectivity index (χ2n) is 5.98. The largest absolute Gasteiger partial charge is 0.507 e. The number of hydrogen-bond acceptors (Lipinski definition) is 4. The van der Waals surface area contributed by atoms with Gasteiger partial charge in [0.2, 0.25) is 11.6 Å². The molecule has 0 bridgehead atoms. The zero-order valence-electron chi connectivity index (χ0n) is 13.9. The molecule has 0 spiro atoms. The molecule has 1 aliphatic heterocycles. The number of phenolic OH excluding ortho intramolecular Hbond substituents is 1. The Balaban J connectivity index is 1.85. The number of hydrogen-bond donors (Lipinski definition) is 3. The predicted molar refractivity (Wildman–Crippen MR) is 101 cm³/mol. The van der Waals surface area contributed by atoms with Crippen LogP contribution in [-0.2, 0) is 4.79 Å². The third kappa shape index (κ3) is 2.72. The smallest absolute Gasteiger partial charge is 0.314 e. The Hall–Kier alpha value is -3.51. The second kappa shape index (κ2) is 6.42. The quantitative estimate of drug-likeness (QED) is 0.295. The number of amidine groups is 1. The lowest BCUT2D eigenvalue weighted by Gasteiger charge is -2.06. The molecule has 0 aromatic heterocycles. The van der Waals surface area contributed by atoms with E-state index in [4.69, 9.17) is 5.84 Å². The van der Waals surface area contributed by atoms with Crippen LogP contribution >= 0.6 is 0 Å². The molecule has 0 aliphatic carbocycles. The Morgan fingerprint density at radius 3 is 2.73 bits per heavy atom. The SMILES string of the molecule is NNC(=O)CC1=Nc2ccccc2[N+]1=Cc1ccc2ccccc2c1O. The molecule has 4 N–H and O–H groups in total. The van der Waals surface area contributed by atoms with Crippen LogP contribution in [0.1, 0.15) is 12.0 Å². The highest BCUT2D eigenvalue weighted by atomic mass is 16.3. The third-order valence-corrected chi connectivity index (χ3v) is 4.35. The highest BCUT2D eigenvalue weighted by molar-refractivity contribution is 6.04. The minimum atomic E-state index is -0.335. The van der Waals surface area contributed by atoms with Crippen molar-refractivity contribution in [1.82, 2.24) is 5.43 Å². The molecule has 26 heavy (non-hydrogen) atoms. The van der Waals surface area contributed by atoms with Crippen molar-refractivity contribution in [3.63, 3.8) is 0 Å². The number of rotatable bonds is 3. The molecule has 0 saturated heterocycles. The number of phenols is 1. The van der Waals surface area contributed by atoms with E-state index in [9.17, 15) is 9.90 Å². The van der Waals surface area contributed by atoms with Crippen LogP contribution in [0.2, 0.25) is 0 Å². The van der Waals surface area contributed by atoms with Gasteiger partial charge in [-0.15, -0.1) is 0 Å². The summed E-state index contributed by atoms with van der Waals surface area (Å²) in [6.07, 6.45) is 1.83. The van der Waals surface area contributed by atoms with Crippen molar-refractivity contribution in [3.05, 3.63) is 66.2 Å². The summed E-state index contributed by atoms with van der Waals surface area (Å²) in [5.41, 5.74) is 4.38. The summed E-state index contributed by atoms with van der Waals surface area (Å²) in [6, 6.07) is 19.0. The lowest BCUT2D eigenvalue weighted by molar-refractivity contribution is -0.296. The first kappa shape index (κ1) is 16.0. The number of carbonyl (C=O) groups is 1. The minimum Gasteiger partial charge on any atom is -0.507 e. The summed E-state index contributed by atoms with van der Waals surface area (Å²) in [6.45, 7) is 0. The number of aromatic hydroxyl groups is 1. The van der Waals surface area contributed by atoms with Crippen molar-refractivity contribution >= 4 is 40.1 Å². The lowest BCUT2D eigenvalue weighted by Crippen LogP contribution is -2.33. The highest BCUT2D eigenvalue weighted by Crippen LogP contribution is 2.35. The fourth-order valence-electron chi connectivity index (χ4n) is 3.07. The van der Waals surface area contributed by atoms with Crippen LogP contribution in [0.15, 0.2) is 65.7 Å². The number of hydrazine groups is 1. The number of amides is 1. The zero-order valence-corrected chi connectivity index (χ0v) is 13.9. The van der Waals surface area contributed by atoms with Gasteiger partial charge in [0.1, 0.15) is 18.4 Å². The molecular formula is C20H17N4O2+. The number of nitrogens with zero attached hydrogens (tertiary/aromatic N) is 2. The van der Waals surface area contributed by atoms with E-state index >= 15 is 0 Å². The summed E-state index contributed by atoms with van der Waals surface area (Å²) >= 11 is 0. The number of carbonyl (C=O) groups excluding carboxylic acids is 1. The molecule has 6 nitrogen and oxygen atoms in total. The molecular weight excluding hydrogens is 328 g/mol. The van der Waals surface area contributed by atoms with E-state index in [0.717, 1.165) is 22.1 Å². The van der Waals surface area contributed by atoms with Gasteiger partial charge in [-0.1, -0.05) is 42.5 Å². The molecule has 128 valence electrons. The lowest BCUT2D eigenvalue weighted by atomic mass is 10.1. The fraction of sp³-hybridized carbons (Fsp3) is 0.0500. The van der Waals surface area contributed by atoms with Gasteiger partial charge in [-0.25, -0.2) is 5.84 Å². The van der Waals surface area contributed by atoms with E-state index in [2.05, 4.69) is 10.4 Å². The minimum absolute atomic E-state index is 0.0377. The van der Waals surface area contributed by atoms with Gasteiger partial charge >= 0.3 is 5.84 Å². The Morgan fingerprint density at radius 2 is 1.88 bits per heavy atom. The molecule has 3 aromatic carbocycles. The Labute approximate surface area is 149 Å². The van der Waals surface area contributed by atoms with Crippen LogP contribution in [0.5, 0.6) is 5.75 Å². The van der Waals surface area contributed by atoms with Crippen molar-refractivity contribution in [2.75, 3.05) is 0 Å². The molecule has 0 fully saturated rings. The van der Waals surface area contributed by atoms with Crippen molar-refractivity contribution in [1.29, 1.82) is 0 Å². The topological polar surface area (TPSA) is 90.7 Å². The monoisotopic (exact) mass is 345 g/mol. The number of nitrogens with one attached hydrogen (secondary N) is 1. The maximum Gasteiger partial charge on any atom is 0.314 e. The number of nitrogens with two attached hydrogens (primary N) is 1. The van der Waals surface area contributed by atoms with Gasteiger partial charge < -0.3 is 5.11 Å². The highest BCUT2D eigenvalue weighted by Gasteiger charge is 2.31. The number of para-hydroxylation sites is 2.